The van der Waals surface area contributed by atoms with Gasteiger partial charge in [-0.2, -0.15) is 0 Å². The average Bonchev–Trinajstić information content (AvgIpc) is 2.61. The van der Waals surface area contributed by atoms with Crippen molar-refractivity contribution in [2.75, 3.05) is 18.0 Å². The maximum atomic E-state index is 5.95. The van der Waals surface area contributed by atoms with Gasteiger partial charge in [0.2, 0.25) is 0 Å². The molecular formula is C15H23BrN2. The second-order valence-corrected chi connectivity index (χ2v) is 7.21. The topological polar surface area (TPSA) is 29.3 Å². The van der Waals surface area contributed by atoms with E-state index < -0.39 is 0 Å². The van der Waals surface area contributed by atoms with Gasteiger partial charge >= 0.3 is 0 Å². The second-order valence-electron chi connectivity index (χ2n) is 6.29. The van der Waals surface area contributed by atoms with Crippen LogP contribution in [-0.4, -0.2) is 19.1 Å². The standard InChI is InChI=1S/C15H23BrN2/c1-11(17)8-12-4-5-13(16)9-14(12)18-7-6-15(2,3)10-18/h4-5,9,11H,6-8,10,17H2,1-3H3. The highest BCUT2D eigenvalue weighted by molar-refractivity contribution is 9.10. The zero-order chi connectivity index (χ0) is 13.3. The first-order valence-electron chi connectivity index (χ1n) is 6.66. The van der Waals surface area contributed by atoms with Gasteiger partial charge in [-0.15, -0.1) is 0 Å². The maximum absolute atomic E-state index is 5.95. The van der Waals surface area contributed by atoms with E-state index in [4.69, 9.17) is 5.73 Å². The number of hydrogen-bond donors (Lipinski definition) is 1. The van der Waals surface area contributed by atoms with Crippen molar-refractivity contribution in [1.82, 2.24) is 0 Å². The van der Waals surface area contributed by atoms with Crippen molar-refractivity contribution in [3.63, 3.8) is 0 Å². The van der Waals surface area contributed by atoms with Crippen LogP contribution in [0, 0.1) is 5.41 Å². The number of benzene rings is 1. The Hall–Kier alpha value is -0.540. The molecule has 1 aromatic rings. The fraction of sp³-hybridized carbons (Fsp3) is 0.600. The van der Waals surface area contributed by atoms with Crippen molar-refractivity contribution in [2.24, 2.45) is 11.1 Å². The summed E-state index contributed by atoms with van der Waals surface area (Å²) in [4.78, 5) is 2.50. The highest BCUT2D eigenvalue weighted by Gasteiger charge is 2.30. The molecule has 100 valence electrons. The smallest absolute Gasteiger partial charge is 0.0410 e. The molecule has 1 aromatic carbocycles. The summed E-state index contributed by atoms with van der Waals surface area (Å²) in [6.07, 6.45) is 2.21. The third kappa shape index (κ3) is 3.27. The quantitative estimate of drug-likeness (QED) is 0.924. The third-order valence-electron chi connectivity index (χ3n) is 3.61. The molecule has 1 aliphatic heterocycles. The Balaban J connectivity index is 2.28. The number of rotatable bonds is 3. The molecule has 18 heavy (non-hydrogen) atoms. The van der Waals surface area contributed by atoms with Crippen LogP contribution in [0.2, 0.25) is 0 Å². The van der Waals surface area contributed by atoms with E-state index in [0.717, 1.165) is 24.0 Å². The van der Waals surface area contributed by atoms with E-state index in [9.17, 15) is 0 Å². The predicted octanol–water partition coefficient (Wildman–Crippen LogP) is 3.58. The van der Waals surface area contributed by atoms with Gasteiger partial charge in [0.15, 0.2) is 0 Å². The van der Waals surface area contributed by atoms with Crippen molar-refractivity contribution in [1.29, 1.82) is 0 Å². The first kappa shape index (κ1) is 13.9. The number of nitrogens with two attached hydrogens (primary N) is 1. The SMILES string of the molecule is CC(N)Cc1ccc(Br)cc1N1CCC(C)(C)C1. The Morgan fingerprint density at radius 2 is 2.17 bits per heavy atom. The van der Waals surface area contributed by atoms with Crippen LogP contribution >= 0.6 is 15.9 Å². The van der Waals surface area contributed by atoms with Crippen LogP contribution in [0.15, 0.2) is 22.7 Å². The van der Waals surface area contributed by atoms with E-state index in [0.29, 0.717) is 5.41 Å². The molecule has 1 saturated heterocycles. The van der Waals surface area contributed by atoms with Gasteiger partial charge in [0.1, 0.15) is 0 Å². The monoisotopic (exact) mass is 310 g/mol. The summed E-state index contributed by atoms with van der Waals surface area (Å²) in [7, 11) is 0. The molecule has 1 atom stereocenters. The summed E-state index contributed by atoms with van der Waals surface area (Å²) in [5.74, 6) is 0. The number of hydrogen-bond acceptors (Lipinski definition) is 2. The highest BCUT2D eigenvalue weighted by Crippen LogP contribution is 2.35. The van der Waals surface area contributed by atoms with Crippen LogP contribution < -0.4 is 10.6 Å². The Morgan fingerprint density at radius 1 is 1.44 bits per heavy atom. The lowest BCUT2D eigenvalue weighted by molar-refractivity contribution is 0.418. The summed E-state index contributed by atoms with van der Waals surface area (Å²) in [5, 5.41) is 0. The van der Waals surface area contributed by atoms with Gasteiger partial charge in [0, 0.05) is 29.3 Å². The van der Waals surface area contributed by atoms with Gasteiger partial charge in [-0.05, 0) is 42.9 Å². The molecule has 0 spiro atoms. The van der Waals surface area contributed by atoms with Crippen molar-refractivity contribution in [3.8, 4) is 0 Å². The molecule has 1 unspecified atom stereocenters. The molecule has 0 bridgehead atoms. The number of halogens is 1. The van der Waals surface area contributed by atoms with Crippen molar-refractivity contribution < 1.29 is 0 Å². The number of anilines is 1. The van der Waals surface area contributed by atoms with Gasteiger partial charge < -0.3 is 10.6 Å². The van der Waals surface area contributed by atoms with Gasteiger partial charge in [-0.25, -0.2) is 0 Å². The molecule has 2 N–H and O–H groups in total. The van der Waals surface area contributed by atoms with Crippen molar-refractivity contribution in [2.45, 2.75) is 39.7 Å². The Kier molecular flexibility index (Phi) is 4.02. The van der Waals surface area contributed by atoms with Gasteiger partial charge in [-0.3, -0.25) is 0 Å². The lowest BCUT2D eigenvalue weighted by Gasteiger charge is -2.25. The maximum Gasteiger partial charge on any atom is 0.0410 e. The van der Waals surface area contributed by atoms with Gasteiger partial charge in [0.25, 0.3) is 0 Å². The second kappa shape index (κ2) is 5.22. The number of nitrogens with zero attached hydrogens (tertiary/aromatic N) is 1. The molecule has 0 aliphatic carbocycles. The predicted molar refractivity (Wildman–Crippen MR) is 82.1 cm³/mol. The van der Waals surface area contributed by atoms with E-state index in [-0.39, 0.29) is 6.04 Å². The van der Waals surface area contributed by atoms with E-state index in [1.54, 1.807) is 0 Å². The minimum atomic E-state index is 0.209. The molecule has 2 nitrogen and oxygen atoms in total. The Labute approximate surface area is 119 Å². The normalized spacial score (nSPS) is 20.2. The summed E-state index contributed by atoms with van der Waals surface area (Å²) >= 11 is 3.58. The largest absolute Gasteiger partial charge is 0.371 e. The average molecular weight is 311 g/mol. The van der Waals surface area contributed by atoms with Crippen molar-refractivity contribution in [3.05, 3.63) is 28.2 Å². The highest BCUT2D eigenvalue weighted by atomic mass is 79.9. The van der Waals surface area contributed by atoms with Crippen LogP contribution in [0.5, 0.6) is 0 Å². The van der Waals surface area contributed by atoms with Crippen LogP contribution in [-0.2, 0) is 6.42 Å². The summed E-state index contributed by atoms with van der Waals surface area (Å²) in [6.45, 7) is 9.04. The molecule has 2 rings (SSSR count). The van der Waals surface area contributed by atoms with E-state index in [1.165, 1.54) is 17.7 Å². The fourth-order valence-corrected chi connectivity index (χ4v) is 3.02. The minimum absolute atomic E-state index is 0.209. The molecule has 1 heterocycles. The third-order valence-corrected chi connectivity index (χ3v) is 4.10. The van der Waals surface area contributed by atoms with Crippen molar-refractivity contribution >= 4 is 21.6 Å². The summed E-state index contributed by atoms with van der Waals surface area (Å²) in [5.41, 5.74) is 9.10. The lowest BCUT2D eigenvalue weighted by Crippen LogP contribution is -2.25. The molecule has 0 aromatic heterocycles. The molecule has 1 aliphatic rings. The zero-order valence-corrected chi connectivity index (χ0v) is 13.1. The van der Waals surface area contributed by atoms with Gasteiger partial charge in [0.05, 0.1) is 0 Å². The summed E-state index contributed by atoms with van der Waals surface area (Å²) < 4.78 is 1.15. The van der Waals surface area contributed by atoms with Crippen LogP contribution in [0.1, 0.15) is 32.8 Å². The first-order chi connectivity index (χ1) is 8.37. The van der Waals surface area contributed by atoms with Crippen LogP contribution in [0.25, 0.3) is 0 Å². The van der Waals surface area contributed by atoms with E-state index in [2.05, 4.69) is 59.8 Å². The Bertz CT molecular complexity index is 427. The van der Waals surface area contributed by atoms with Crippen LogP contribution in [0.4, 0.5) is 5.69 Å². The van der Waals surface area contributed by atoms with E-state index in [1.807, 2.05) is 0 Å². The lowest BCUT2D eigenvalue weighted by atomic mass is 9.93. The molecular weight excluding hydrogens is 288 g/mol. The zero-order valence-electron chi connectivity index (χ0n) is 11.5. The first-order valence-corrected chi connectivity index (χ1v) is 7.46. The minimum Gasteiger partial charge on any atom is -0.371 e. The molecule has 0 saturated carbocycles. The fourth-order valence-electron chi connectivity index (χ4n) is 2.67. The Morgan fingerprint density at radius 3 is 2.72 bits per heavy atom. The molecule has 0 radical (unpaired) electrons. The molecule has 0 amide bonds. The summed E-state index contributed by atoms with van der Waals surface area (Å²) in [6, 6.07) is 6.76. The molecule has 1 fully saturated rings. The van der Waals surface area contributed by atoms with Gasteiger partial charge in [-0.1, -0.05) is 35.8 Å². The molecule has 3 heteroatoms. The van der Waals surface area contributed by atoms with Crippen LogP contribution in [0.3, 0.4) is 0 Å². The van der Waals surface area contributed by atoms with E-state index >= 15 is 0 Å².